The van der Waals surface area contributed by atoms with Crippen molar-refractivity contribution in [3.63, 3.8) is 0 Å². The van der Waals surface area contributed by atoms with Crippen molar-refractivity contribution in [1.82, 2.24) is 9.78 Å². The predicted octanol–water partition coefficient (Wildman–Crippen LogP) is 4.87. The van der Waals surface area contributed by atoms with E-state index in [4.69, 9.17) is 0 Å². The third kappa shape index (κ3) is 2.90. The lowest BCUT2D eigenvalue weighted by Gasteiger charge is -2.04. The second kappa shape index (κ2) is 6.32. The van der Waals surface area contributed by atoms with Gasteiger partial charge in [-0.2, -0.15) is 5.10 Å². The number of thioether (sulfide) groups is 1. The van der Waals surface area contributed by atoms with Crippen LogP contribution in [0.4, 0.5) is 8.78 Å². The van der Waals surface area contributed by atoms with E-state index < -0.39 is 6.67 Å². The summed E-state index contributed by atoms with van der Waals surface area (Å²) in [7, 11) is 0. The van der Waals surface area contributed by atoms with Crippen molar-refractivity contribution in [2.45, 2.75) is 11.6 Å². The van der Waals surface area contributed by atoms with Crippen LogP contribution >= 0.6 is 11.8 Å². The van der Waals surface area contributed by atoms with Gasteiger partial charge in [-0.15, -0.1) is 11.8 Å². The highest BCUT2D eigenvalue weighted by Crippen LogP contribution is 2.25. The fraction of sp³-hybridized carbons (Fsp3) is 0.118. The summed E-state index contributed by atoms with van der Waals surface area (Å²) in [6.45, 7) is -0.632. The largest absolute Gasteiger partial charge is 0.244 e. The molecule has 2 nitrogen and oxygen atoms in total. The van der Waals surface area contributed by atoms with Crippen LogP contribution in [-0.4, -0.2) is 16.0 Å². The fourth-order valence-electron chi connectivity index (χ4n) is 2.22. The second-order valence-corrected chi connectivity index (χ2v) is 5.65. The minimum absolute atomic E-state index is 0.328. The molecule has 0 bridgehead atoms. The van der Waals surface area contributed by atoms with Crippen molar-refractivity contribution in [3.05, 3.63) is 66.1 Å². The van der Waals surface area contributed by atoms with Crippen molar-refractivity contribution in [1.29, 1.82) is 0 Å². The molecular weight excluding hydrogens is 302 g/mol. The van der Waals surface area contributed by atoms with E-state index in [2.05, 4.69) is 5.10 Å². The molecule has 0 unspecified atom stereocenters. The Kier molecular flexibility index (Phi) is 4.24. The molecule has 0 saturated carbocycles. The van der Waals surface area contributed by atoms with Crippen LogP contribution in [0.25, 0.3) is 16.9 Å². The minimum atomic E-state index is -0.632. The molecule has 112 valence electrons. The van der Waals surface area contributed by atoms with Crippen molar-refractivity contribution >= 4 is 11.8 Å². The average Bonchev–Trinajstić information content (AvgIpc) is 3.00. The monoisotopic (exact) mass is 316 g/mol. The van der Waals surface area contributed by atoms with Crippen LogP contribution in [0, 0.1) is 5.82 Å². The van der Waals surface area contributed by atoms with Gasteiger partial charge in [0.2, 0.25) is 0 Å². The highest BCUT2D eigenvalue weighted by molar-refractivity contribution is 7.98. The predicted molar refractivity (Wildman–Crippen MR) is 85.6 cm³/mol. The van der Waals surface area contributed by atoms with Crippen LogP contribution in [0.2, 0.25) is 0 Å². The summed E-state index contributed by atoms with van der Waals surface area (Å²) >= 11 is 1.66. The Bertz CT molecular complexity index is 764. The molecule has 0 radical (unpaired) electrons. The summed E-state index contributed by atoms with van der Waals surface area (Å²) in [6.07, 6.45) is 2.01. The molecule has 0 spiro atoms. The summed E-state index contributed by atoms with van der Waals surface area (Å²) < 4.78 is 27.8. The van der Waals surface area contributed by atoms with Crippen molar-refractivity contribution in [2.24, 2.45) is 0 Å². The van der Waals surface area contributed by atoms with Crippen LogP contribution < -0.4 is 0 Å². The zero-order valence-electron chi connectivity index (χ0n) is 12.0. The molecule has 5 heteroatoms. The number of halogens is 2. The first-order valence-electron chi connectivity index (χ1n) is 6.76. The molecule has 0 amide bonds. The smallest absolute Gasteiger partial charge is 0.132 e. The summed E-state index contributed by atoms with van der Waals surface area (Å²) in [5.41, 5.74) is 2.70. The summed E-state index contributed by atoms with van der Waals surface area (Å²) in [4.78, 5) is 1.16. The van der Waals surface area contributed by atoms with E-state index in [0.717, 1.165) is 10.5 Å². The average molecular weight is 316 g/mol. The topological polar surface area (TPSA) is 17.8 Å². The molecule has 0 fully saturated rings. The van der Waals surface area contributed by atoms with Gasteiger partial charge in [0, 0.05) is 10.5 Å². The molecule has 3 rings (SSSR count). The van der Waals surface area contributed by atoms with Gasteiger partial charge in [-0.05, 0) is 48.7 Å². The van der Waals surface area contributed by atoms with Crippen molar-refractivity contribution in [2.75, 3.05) is 6.26 Å². The minimum Gasteiger partial charge on any atom is -0.244 e. The van der Waals surface area contributed by atoms with Gasteiger partial charge in [0.15, 0.2) is 0 Å². The molecule has 1 aromatic heterocycles. The number of hydrogen-bond donors (Lipinski definition) is 0. The highest BCUT2D eigenvalue weighted by atomic mass is 32.2. The SMILES string of the molecule is CSc1ccc(-c2cc(CF)n(-c3ccc(F)cc3)n2)cc1. The van der Waals surface area contributed by atoms with Gasteiger partial charge >= 0.3 is 0 Å². The molecule has 2 aromatic carbocycles. The molecule has 3 aromatic rings. The van der Waals surface area contributed by atoms with Crippen LogP contribution in [0.5, 0.6) is 0 Å². The van der Waals surface area contributed by atoms with E-state index in [1.54, 1.807) is 30.0 Å². The maximum atomic E-state index is 13.3. The van der Waals surface area contributed by atoms with E-state index in [-0.39, 0.29) is 5.82 Å². The quantitative estimate of drug-likeness (QED) is 0.639. The van der Waals surface area contributed by atoms with Crippen molar-refractivity contribution in [3.8, 4) is 16.9 Å². The molecule has 0 N–H and O–H groups in total. The highest BCUT2D eigenvalue weighted by Gasteiger charge is 2.11. The summed E-state index contributed by atoms with van der Waals surface area (Å²) in [6, 6.07) is 15.5. The first-order chi connectivity index (χ1) is 10.7. The lowest BCUT2D eigenvalue weighted by Crippen LogP contribution is -2.00. The number of nitrogens with zero attached hydrogens (tertiary/aromatic N) is 2. The Labute approximate surface area is 131 Å². The maximum Gasteiger partial charge on any atom is 0.132 e. The Hall–Kier alpha value is -2.14. The first-order valence-corrected chi connectivity index (χ1v) is 7.99. The number of rotatable bonds is 4. The van der Waals surface area contributed by atoms with Gasteiger partial charge in [-0.3, -0.25) is 0 Å². The number of aromatic nitrogens is 2. The van der Waals surface area contributed by atoms with Crippen LogP contribution in [0.15, 0.2) is 59.5 Å². The lowest BCUT2D eigenvalue weighted by atomic mass is 10.1. The molecule has 0 aliphatic rings. The lowest BCUT2D eigenvalue weighted by molar-refractivity contribution is 0.466. The zero-order chi connectivity index (χ0) is 15.5. The Balaban J connectivity index is 2.01. The number of benzene rings is 2. The molecule has 1 heterocycles. The van der Waals surface area contributed by atoms with Gasteiger partial charge in [-0.25, -0.2) is 13.5 Å². The Morgan fingerprint density at radius 2 is 1.73 bits per heavy atom. The van der Waals surface area contributed by atoms with E-state index in [9.17, 15) is 8.78 Å². The molecular formula is C17H14F2N2S. The van der Waals surface area contributed by atoms with Crippen LogP contribution in [-0.2, 0) is 6.67 Å². The van der Waals surface area contributed by atoms with Crippen molar-refractivity contribution < 1.29 is 8.78 Å². The van der Waals surface area contributed by atoms with E-state index in [1.807, 2.05) is 30.5 Å². The third-order valence-corrected chi connectivity index (χ3v) is 4.12. The Morgan fingerprint density at radius 3 is 2.32 bits per heavy atom. The number of hydrogen-bond acceptors (Lipinski definition) is 2. The van der Waals surface area contributed by atoms with Crippen LogP contribution in [0.3, 0.4) is 0 Å². The molecule has 0 saturated heterocycles. The van der Waals surface area contributed by atoms with Crippen LogP contribution in [0.1, 0.15) is 5.69 Å². The normalized spacial score (nSPS) is 10.9. The first kappa shape index (κ1) is 14.8. The van der Waals surface area contributed by atoms with E-state index >= 15 is 0 Å². The molecule has 0 aliphatic heterocycles. The molecule has 0 aliphatic carbocycles. The summed E-state index contributed by atoms with van der Waals surface area (Å²) in [5.74, 6) is -0.328. The number of alkyl halides is 1. The fourth-order valence-corrected chi connectivity index (χ4v) is 2.63. The molecule has 22 heavy (non-hydrogen) atoms. The van der Waals surface area contributed by atoms with Gasteiger partial charge in [-0.1, -0.05) is 12.1 Å². The molecule has 0 atom stereocenters. The summed E-state index contributed by atoms with van der Waals surface area (Å²) in [5, 5.41) is 4.45. The van der Waals surface area contributed by atoms with Gasteiger partial charge < -0.3 is 0 Å². The second-order valence-electron chi connectivity index (χ2n) is 4.77. The zero-order valence-corrected chi connectivity index (χ0v) is 12.8. The van der Waals surface area contributed by atoms with Gasteiger partial charge in [0.1, 0.15) is 12.5 Å². The van der Waals surface area contributed by atoms with Gasteiger partial charge in [0.25, 0.3) is 0 Å². The van der Waals surface area contributed by atoms with E-state index in [1.165, 1.54) is 16.8 Å². The van der Waals surface area contributed by atoms with E-state index in [0.29, 0.717) is 17.1 Å². The third-order valence-electron chi connectivity index (χ3n) is 3.38. The van der Waals surface area contributed by atoms with Gasteiger partial charge in [0.05, 0.1) is 17.1 Å². The standard InChI is InChI=1S/C17H14F2N2S/c1-22-16-8-2-12(3-9-16)17-10-15(11-18)21(20-17)14-6-4-13(19)5-7-14/h2-10H,11H2,1H3. The maximum absolute atomic E-state index is 13.3. The Morgan fingerprint density at radius 1 is 1.05 bits per heavy atom.